The Morgan fingerprint density at radius 3 is 2.22 bits per heavy atom. The molecule has 12 heteroatoms. The molecule has 2 aromatic rings. The first-order valence-electron chi connectivity index (χ1n) is 11.3. The minimum Gasteiger partial charge on any atom is -0.352 e. The number of amides is 2. The van der Waals surface area contributed by atoms with Gasteiger partial charge in [-0.05, 0) is 50.1 Å². The van der Waals surface area contributed by atoms with Gasteiger partial charge in [0.15, 0.2) is 0 Å². The number of rotatable bonds is 11. The molecule has 2 amide bonds. The lowest BCUT2D eigenvalue weighted by Gasteiger charge is -2.34. The van der Waals surface area contributed by atoms with Gasteiger partial charge < -0.3 is 10.2 Å². The second-order valence-electron chi connectivity index (χ2n) is 8.61. The third kappa shape index (κ3) is 7.32. The zero-order valence-electron chi connectivity index (χ0n) is 20.8. The summed E-state index contributed by atoms with van der Waals surface area (Å²) in [4.78, 5) is 28.0. The maximum absolute atomic E-state index is 14.7. The molecule has 0 aliphatic rings. The van der Waals surface area contributed by atoms with Crippen LogP contribution in [0.5, 0.6) is 0 Å². The van der Waals surface area contributed by atoms with Gasteiger partial charge in [-0.3, -0.25) is 9.59 Å². The quantitative estimate of drug-likeness (QED) is 0.448. The lowest BCUT2D eigenvalue weighted by atomic mass is 10.1. The van der Waals surface area contributed by atoms with E-state index in [1.165, 1.54) is 37.2 Å². The Labute approximate surface area is 222 Å². The van der Waals surface area contributed by atoms with Crippen LogP contribution in [0.3, 0.4) is 0 Å². The lowest BCUT2D eigenvalue weighted by Crippen LogP contribution is -2.54. The van der Waals surface area contributed by atoms with Crippen molar-refractivity contribution in [3.05, 3.63) is 63.9 Å². The van der Waals surface area contributed by atoms with Gasteiger partial charge in [-0.15, -0.1) is 0 Å². The molecule has 36 heavy (non-hydrogen) atoms. The van der Waals surface area contributed by atoms with Crippen molar-refractivity contribution in [2.24, 2.45) is 0 Å². The molecule has 0 radical (unpaired) electrons. The van der Waals surface area contributed by atoms with E-state index in [4.69, 9.17) is 23.2 Å². The van der Waals surface area contributed by atoms with Crippen molar-refractivity contribution >= 4 is 50.9 Å². The number of nitrogens with one attached hydrogen (secondary N) is 1. The van der Waals surface area contributed by atoms with Crippen LogP contribution in [-0.2, 0) is 26.3 Å². The first kappa shape index (κ1) is 29.8. The fourth-order valence-corrected chi connectivity index (χ4v) is 4.88. The van der Waals surface area contributed by atoms with Crippen molar-refractivity contribution in [2.75, 3.05) is 24.9 Å². The van der Waals surface area contributed by atoms with E-state index in [0.29, 0.717) is 14.9 Å². The minimum absolute atomic E-state index is 0.0487. The fourth-order valence-electron chi connectivity index (χ4n) is 3.49. The molecule has 0 aliphatic carbocycles. The smallest absolute Gasteiger partial charge is 0.304 e. The molecular formula is C24H31Cl2FN4O4S. The van der Waals surface area contributed by atoms with E-state index in [1.807, 2.05) is 0 Å². The van der Waals surface area contributed by atoms with Crippen LogP contribution in [0.25, 0.3) is 0 Å². The molecule has 8 nitrogen and oxygen atoms in total. The molecule has 0 heterocycles. The molecule has 0 spiro atoms. The third-order valence-corrected chi connectivity index (χ3v) is 7.84. The number of para-hydroxylation sites is 1. The molecule has 1 atom stereocenters. The van der Waals surface area contributed by atoms with Crippen molar-refractivity contribution in [1.82, 2.24) is 14.5 Å². The Morgan fingerprint density at radius 1 is 1.06 bits per heavy atom. The summed E-state index contributed by atoms with van der Waals surface area (Å²) < 4.78 is 42.5. The van der Waals surface area contributed by atoms with Crippen LogP contribution in [0.15, 0.2) is 42.5 Å². The number of carbonyl (C=O) groups is 2. The highest BCUT2D eigenvalue weighted by molar-refractivity contribution is 7.90. The zero-order valence-corrected chi connectivity index (χ0v) is 23.2. The summed E-state index contributed by atoms with van der Waals surface area (Å²) in [7, 11) is -1.69. The maximum atomic E-state index is 14.7. The molecule has 0 unspecified atom stereocenters. The Morgan fingerprint density at radius 2 is 1.69 bits per heavy atom. The number of anilines is 1. The number of halogens is 3. The van der Waals surface area contributed by atoms with Gasteiger partial charge in [0.2, 0.25) is 11.8 Å². The monoisotopic (exact) mass is 560 g/mol. The molecule has 1 N–H and O–H groups in total. The normalized spacial score (nSPS) is 12.5. The van der Waals surface area contributed by atoms with Crippen LogP contribution < -0.4 is 9.62 Å². The molecule has 0 bridgehead atoms. The largest absolute Gasteiger partial charge is 0.352 e. The van der Waals surface area contributed by atoms with E-state index in [-0.39, 0.29) is 29.7 Å². The van der Waals surface area contributed by atoms with Gasteiger partial charge in [-0.25, -0.2) is 8.70 Å². The third-order valence-electron chi connectivity index (χ3n) is 5.29. The second-order valence-corrected chi connectivity index (χ2v) is 11.5. The summed E-state index contributed by atoms with van der Waals surface area (Å²) in [5, 5.41) is 3.39. The van der Waals surface area contributed by atoms with Gasteiger partial charge in [0.25, 0.3) is 0 Å². The zero-order chi connectivity index (χ0) is 27.2. The summed E-state index contributed by atoms with van der Waals surface area (Å²) in [6, 6.07) is 8.97. The van der Waals surface area contributed by atoms with Crippen molar-refractivity contribution in [2.45, 2.75) is 45.8 Å². The average molecular weight is 562 g/mol. The first-order chi connectivity index (χ1) is 16.8. The summed E-state index contributed by atoms with van der Waals surface area (Å²) in [5.41, 5.74) is 0.301. The molecule has 0 aromatic heterocycles. The fraction of sp³-hybridized carbons (Fsp3) is 0.417. The Balaban J connectivity index is 2.55. The number of benzene rings is 2. The molecule has 0 fully saturated rings. The molecule has 2 rings (SSSR count). The van der Waals surface area contributed by atoms with E-state index in [9.17, 15) is 22.4 Å². The van der Waals surface area contributed by atoms with Crippen molar-refractivity contribution in [3.8, 4) is 0 Å². The van der Waals surface area contributed by atoms with Crippen molar-refractivity contribution in [3.63, 3.8) is 0 Å². The van der Waals surface area contributed by atoms with Gasteiger partial charge in [0.05, 0.1) is 15.7 Å². The van der Waals surface area contributed by atoms with E-state index >= 15 is 0 Å². The van der Waals surface area contributed by atoms with E-state index in [0.717, 1.165) is 10.4 Å². The minimum atomic E-state index is -4.26. The van der Waals surface area contributed by atoms with Crippen LogP contribution in [0.1, 0.15) is 32.8 Å². The summed E-state index contributed by atoms with van der Waals surface area (Å²) in [5.74, 6) is -1.90. The van der Waals surface area contributed by atoms with Gasteiger partial charge in [0, 0.05) is 26.7 Å². The van der Waals surface area contributed by atoms with Crippen molar-refractivity contribution in [1.29, 1.82) is 0 Å². The molecule has 198 valence electrons. The predicted octanol–water partition coefficient (Wildman–Crippen LogP) is 4.08. The molecule has 2 aromatic carbocycles. The highest BCUT2D eigenvalue weighted by Gasteiger charge is 2.34. The maximum Gasteiger partial charge on any atom is 0.304 e. The van der Waals surface area contributed by atoms with Gasteiger partial charge in [0.1, 0.15) is 18.4 Å². The highest BCUT2D eigenvalue weighted by atomic mass is 35.5. The summed E-state index contributed by atoms with van der Waals surface area (Å²) >= 11 is 12.2. The number of nitrogens with zero attached hydrogens (tertiary/aromatic N) is 3. The Bertz CT molecular complexity index is 1190. The molecule has 0 aliphatic heterocycles. The van der Waals surface area contributed by atoms with E-state index < -0.39 is 40.4 Å². The van der Waals surface area contributed by atoms with Crippen molar-refractivity contribution < 1.29 is 22.4 Å². The van der Waals surface area contributed by atoms with E-state index in [2.05, 4.69) is 5.32 Å². The van der Waals surface area contributed by atoms with Crippen LogP contribution in [-0.4, -0.2) is 62.2 Å². The predicted molar refractivity (Wildman–Crippen MR) is 141 cm³/mol. The van der Waals surface area contributed by atoms with Crippen LogP contribution in [0, 0.1) is 5.82 Å². The number of hydrogen-bond donors (Lipinski definition) is 1. The highest BCUT2D eigenvalue weighted by Crippen LogP contribution is 2.26. The number of carbonyl (C=O) groups excluding carboxylic acids is 2. The van der Waals surface area contributed by atoms with Gasteiger partial charge in [-0.2, -0.15) is 12.7 Å². The molecular weight excluding hydrogens is 530 g/mol. The Kier molecular flexibility index (Phi) is 10.5. The molecule has 0 saturated carbocycles. The first-order valence-corrected chi connectivity index (χ1v) is 13.4. The summed E-state index contributed by atoms with van der Waals surface area (Å²) in [6.07, 6.45) is 0.256. The van der Waals surface area contributed by atoms with Gasteiger partial charge >= 0.3 is 10.2 Å². The SMILES string of the molecule is CC[C@@H](C(=O)NC(C)C)N(Cc1ccc(Cl)c(Cl)c1)C(=O)CN(c1ccccc1F)S(=O)(=O)N(C)C. The summed E-state index contributed by atoms with van der Waals surface area (Å²) in [6.45, 7) is 4.55. The standard InChI is InChI=1S/C24H31Cl2FN4O4S/c1-6-21(24(33)28-16(2)3)30(14-17-11-12-18(25)19(26)13-17)23(32)15-31(36(34,35)29(4)5)22-10-8-7-9-20(22)27/h7-13,16,21H,6,14-15H2,1-5H3,(H,28,33)/t21-/m0/s1. The average Bonchev–Trinajstić information content (AvgIpc) is 2.79. The van der Waals surface area contributed by atoms with Crippen LogP contribution in [0.4, 0.5) is 10.1 Å². The van der Waals surface area contributed by atoms with E-state index in [1.54, 1.807) is 39.0 Å². The number of hydrogen-bond acceptors (Lipinski definition) is 4. The van der Waals surface area contributed by atoms with Gasteiger partial charge in [-0.1, -0.05) is 48.3 Å². The topological polar surface area (TPSA) is 90.0 Å². The van der Waals surface area contributed by atoms with Crippen LogP contribution in [0.2, 0.25) is 10.0 Å². The van der Waals surface area contributed by atoms with Crippen LogP contribution >= 0.6 is 23.2 Å². The lowest BCUT2D eigenvalue weighted by molar-refractivity contribution is -0.140. The second kappa shape index (κ2) is 12.7. The molecule has 0 saturated heterocycles. The Hall–Kier alpha value is -2.40.